The predicted octanol–water partition coefficient (Wildman–Crippen LogP) is 1.92. The highest BCUT2D eigenvalue weighted by atomic mass is 35.5. The number of rotatable bonds is 8. The van der Waals surface area contributed by atoms with Gasteiger partial charge in [0.05, 0.1) is 15.5 Å². The summed E-state index contributed by atoms with van der Waals surface area (Å²) >= 11 is 6.01. The smallest absolute Gasteiger partial charge is 0.329 e. The van der Waals surface area contributed by atoms with Crippen LogP contribution in [-0.4, -0.2) is 38.9 Å². The molecule has 2 rings (SSSR count). The lowest BCUT2D eigenvalue weighted by Crippen LogP contribution is -2.46. The Kier molecular flexibility index (Phi) is 8.14. The first-order chi connectivity index (χ1) is 14.5. The molecule has 0 saturated heterocycles. The number of anilines is 1. The van der Waals surface area contributed by atoms with Crippen LogP contribution in [0.3, 0.4) is 0 Å². The van der Waals surface area contributed by atoms with Crippen molar-refractivity contribution in [1.82, 2.24) is 5.32 Å². The van der Waals surface area contributed by atoms with Crippen LogP contribution in [0.5, 0.6) is 0 Å². The molecule has 4 N–H and O–H groups in total. The van der Waals surface area contributed by atoms with Crippen molar-refractivity contribution >= 4 is 45.1 Å². The minimum atomic E-state index is -3.84. The van der Waals surface area contributed by atoms with Crippen LogP contribution in [0.1, 0.15) is 24.2 Å². The molecular weight excluding hydrogens is 446 g/mol. The molecule has 0 heterocycles. The maximum atomic E-state index is 12.4. The van der Waals surface area contributed by atoms with Crippen molar-refractivity contribution < 1.29 is 27.5 Å². The highest BCUT2D eigenvalue weighted by molar-refractivity contribution is 7.89. The number of amides is 2. The molecule has 166 valence electrons. The third-order valence-electron chi connectivity index (χ3n) is 4.14. The summed E-state index contributed by atoms with van der Waals surface area (Å²) in [5, 5.41) is 10.3. The lowest BCUT2D eigenvalue weighted by Gasteiger charge is -2.21. The number of carbonyl (C=O) groups is 3. The van der Waals surface area contributed by atoms with Crippen molar-refractivity contribution in [3.63, 3.8) is 0 Å². The Labute approximate surface area is 185 Å². The molecule has 2 aromatic rings. The average molecular weight is 468 g/mol. The van der Waals surface area contributed by atoms with Gasteiger partial charge in [-0.25, -0.2) is 18.4 Å². The summed E-state index contributed by atoms with van der Waals surface area (Å²) in [5.74, 6) is -2.28. The van der Waals surface area contributed by atoms with E-state index in [1.165, 1.54) is 30.3 Å². The van der Waals surface area contributed by atoms with E-state index in [0.29, 0.717) is 5.69 Å². The van der Waals surface area contributed by atoms with Crippen molar-refractivity contribution in [3.05, 3.63) is 59.1 Å². The van der Waals surface area contributed by atoms with Gasteiger partial charge in [-0.2, -0.15) is 0 Å². The maximum Gasteiger partial charge on any atom is 0.329 e. The van der Waals surface area contributed by atoms with E-state index >= 15 is 0 Å². The number of sulfonamides is 1. The van der Waals surface area contributed by atoms with Gasteiger partial charge >= 0.3 is 5.97 Å². The van der Waals surface area contributed by atoms with E-state index < -0.39 is 40.5 Å². The minimum Gasteiger partial charge on any atom is -0.454 e. The first kappa shape index (κ1) is 24.3. The van der Waals surface area contributed by atoms with Gasteiger partial charge in [0.2, 0.25) is 10.0 Å². The standard InChI is InChI=1S/C20H22ClN3O6S/c1-12(2)18(24-19(26)15-5-3-4-6-16(15)21)20(27)30-11-17(25)23-13-7-9-14(10-8-13)31(22,28)29/h3-10,12,18H,11H2,1-2H3,(H,23,25)(H,24,26)(H2,22,28,29)/t18-/m0/s1. The number of carbonyl (C=O) groups excluding carboxylic acids is 3. The Hall–Kier alpha value is -2.95. The third kappa shape index (κ3) is 7.06. The molecule has 0 aliphatic rings. The molecule has 11 heteroatoms. The number of hydrogen-bond donors (Lipinski definition) is 3. The fraction of sp³-hybridized carbons (Fsp3) is 0.250. The molecule has 1 atom stereocenters. The Morgan fingerprint density at radius 1 is 1.06 bits per heavy atom. The number of primary sulfonamides is 1. The minimum absolute atomic E-state index is 0.106. The topological polar surface area (TPSA) is 145 Å². The van der Waals surface area contributed by atoms with Crippen LogP contribution in [0.2, 0.25) is 5.02 Å². The Morgan fingerprint density at radius 2 is 1.68 bits per heavy atom. The zero-order chi connectivity index (χ0) is 23.2. The quantitative estimate of drug-likeness (QED) is 0.506. The van der Waals surface area contributed by atoms with Gasteiger partial charge in [0.1, 0.15) is 6.04 Å². The van der Waals surface area contributed by atoms with Crippen LogP contribution in [0.4, 0.5) is 5.69 Å². The third-order valence-corrected chi connectivity index (χ3v) is 5.40. The fourth-order valence-corrected chi connectivity index (χ4v) is 3.25. The molecule has 0 bridgehead atoms. The number of benzene rings is 2. The monoisotopic (exact) mass is 467 g/mol. The summed E-state index contributed by atoms with van der Waals surface area (Å²) in [6, 6.07) is 10.6. The van der Waals surface area contributed by atoms with Crippen molar-refractivity contribution in [2.75, 3.05) is 11.9 Å². The maximum absolute atomic E-state index is 12.4. The van der Waals surface area contributed by atoms with Gasteiger partial charge in [0, 0.05) is 5.69 Å². The summed E-state index contributed by atoms with van der Waals surface area (Å²) in [4.78, 5) is 36.8. The van der Waals surface area contributed by atoms with E-state index in [4.69, 9.17) is 21.5 Å². The lowest BCUT2D eigenvalue weighted by atomic mass is 10.0. The second-order valence-electron chi connectivity index (χ2n) is 6.90. The zero-order valence-corrected chi connectivity index (χ0v) is 18.4. The van der Waals surface area contributed by atoms with Crippen LogP contribution in [-0.2, 0) is 24.3 Å². The molecule has 2 aromatic carbocycles. The van der Waals surface area contributed by atoms with Gasteiger partial charge in [0.15, 0.2) is 6.61 Å². The van der Waals surface area contributed by atoms with Crippen LogP contribution < -0.4 is 15.8 Å². The van der Waals surface area contributed by atoms with Crippen molar-refractivity contribution in [2.24, 2.45) is 11.1 Å². The van der Waals surface area contributed by atoms with Gasteiger partial charge in [-0.05, 0) is 42.3 Å². The van der Waals surface area contributed by atoms with E-state index in [0.717, 1.165) is 0 Å². The number of nitrogens with one attached hydrogen (secondary N) is 2. The van der Waals surface area contributed by atoms with E-state index in [-0.39, 0.29) is 21.4 Å². The molecule has 0 aliphatic heterocycles. The van der Waals surface area contributed by atoms with Gasteiger partial charge in [0.25, 0.3) is 11.8 Å². The number of hydrogen-bond acceptors (Lipinski definition) is 6. The van der Waals surface area contributed by atoms with Gasteiger partial charge < -0.3 is 15.4 Å². The van der Waals surface area contributed by atoms with Crippen LogP contribution in [0.25, 0.3) is 0 Å². The highest BCUT2D eigenvalue weighted by Gasteiger charge is 2.27. The van der Waals surface area contributed by atoms with Gasteiger partial charge in [-0.1, -0.05) is 37.6 Å². The van der Waals surface area contributed by atoms with Crippen LogP contribution >= 0.6 is 11.6 Å². The van der Waals surface area contributed by atoms with Crippen LogP contribution in [0, 0.1) is 5.92 Å². The summed E-state index contributed by atoms with van der Waals surface area (Å²) in [6.07, 6.45) is 0. The van der Waals surface area contributed by atoms with E-state index in [1.54, 1.807) is 32.0 Å². The van der Waals surface area contributed by atoms with Crippen molar-refractivity contribution in [1.29, 1.82) is 0 Å². The SMILES string of the molecule is CC(C)[C@H](NC(=O)c1ccccc1Cl)C(=O)OCC(=O)Nc1ccc(S(N)(=O)=O)cc1. The molecule has 31 heavy (non-hydrogen) atoms. The molecule has 9 nitrogen and oxygen atoms in total. The first-order valence-corrected chi connectivity index (χ1v) is 11.1. The molecule has 0 saturated carbocycles. The lowest BCUT2D eigenvalue weighted by molar-refractivity contribution is -0.150. The Balaban J connectivity index is 1.94. The average Bonchev–Trinajstić information content (AvgIpc) is 2.70. The molecule has 0 radical (unpaired) electrons. The Morgan fingerprint density at radius 3 is 2.23 bits per heavy atom. The molecule has 0 spiro atoms. The van der Waals surface area contributed by atoms with E-state index in [9.17, 15) is 22.8 Å². The largest absolute Gasteiger partial charge is 0.454 e. The van der Waals surface area contributed by atoms with E-state index in [1.807, 2.05) is 0 Å². The highest BCUT2D eigenvalue weighted by Crippen LogP contribution is 2.16. The zero-order valence-electron chi connectivity index (χ0n) is 16.8. The van der Waals surface area contributed by atoms with Gasteiger partial charge in [-0.3, -0.25) is 9.59 Å². The molecule has 2 amide bonds. The Bertz CT molecular complexity index is 1070. The number of esters is 1. The second-order valence-corrected chi connectivity index (χ2v) is 8.87. The van der Waals surface area contributed by atoms with Crippen LogP contribution in [0.15, 0.2) is 53.4 Å². The first-order valence-electron chi connectivity index (χ1n) is 9.13. The normalized spacial score (nSPS) is 12.2. The molecule has 0 aliphatic carbocycles. The van der Waals surface area contributed by atoms with Gasteiger partial charge in [-0.15, -0.1) is 0 Å². The summed E-state index contributed by atoms with van der Waals surface area (Å²) in [7, 11) is -3.84. The molecule has 0 fully saturated rings. The summed E-state index contributed by atoms with van der Waals surface area (Å²) in [5.41, 5.74) is 0.504. The number of ether oxygens (including phenoxy) is 1. The predicted molar refractivity (Wildman–Crippen MR) is 115 cm³/mol. The van der Waals surface area contributed by atoms with E-state index in [2.05, 4.69) is 10.6 Å². The summed E-state index contributed by atoms with van der Waals surface area (Å²) in [6.45, 7) is 2.83. The number of halogens is 1. The van der Waals surface area contributed by atoms with Crippen molar-refractivity contribution in [3.8, 4) is 0 Å². The molecular formula is C20H22ClN3O6S. The molecule has 0 unspecified atom stereocenters. The molecule has 0 aromatic heterocycles. The second kappa shape index (κ2) is 10.4. The fourth-order valence-electron chi connectivity index (χ4n) is 2.51. The van der Waals surface area contributed by atoms with Crippen molar-refractivity contribution in [2.45, 2.75) is 24.8 Å². The number of nitrogens with two attached hydrogens (primary N) is 1. The summed E-state index contributed by atoms with van der Waals surface area (Å²) < 4.78 is 27.5.